The van der Waals surface area contributed by atoms with E-state index in [-0.39, 0.29) is 12.2 Å². The van der Waals surface area contributed by atoms with E-state index in [0.29, 0.717) is 12.0 Å². The highest BCUT2D eigenvalue weighted by atomic mass is 19.2. The van der Waals surface area contributed by atoms with Crippen LogP contribution in [0.15, 0.2) is 36.4 Å². The maximum atomic E-state index is 13.1. The molecule has 0 saturated heterocycles. The molecule has 0 saturated carbocycles. The third-order valence-corrected chi connectivity index (χ3v) is 3.36. The highest BCUT2D eigenvalue weighted by Gasteiger charge is 2.09. The standard InChI is InChI=1S/C17H16F2O/c1-11-3-4-13(7-12(11)2)8-15(20)9-14-5-6-16(18)17(19)10-14/h3-7,10H,8-9H2,1-2H3. The molecule has 104 valence electrons. The molecule has 3 heteroatoms. The molecule has 0 radical (unpaired) electrons. The highest BCUT2D eigenvalue weighted by molar-refractivity contribution is 5.83. The number of benzene rings is 2. The van der Waals surface area contributed by atoms with Crippen molar-refractivity contribution in [1.29, 1.82) is 0 Å². The number of hydrogen-bond acceptors (Lipinski definition) is 1. The van der Waals surface area contributed by atoms with Crippen molar-refractivity contribution in [1.82, 2.24) is 0 Å². The van der Waals surface area contributed by atoms with Crippen molar-refractivity contribution in [3.63, 3.8) is 0 Å². The van der Waals surface area contributed by atoms with Crippen LogP contribution in [0.3, 0.4) is 0 Å². The summed E-state index contributed by atoms with van der Waals surface area (Å²) >= 11 is 0. The van der Waals surface area contributed by atoms with Crippen LogP contribution in [0, 0.1) is 25.5 Å². The Kier molecular flexibility index (Phi) is 4.28. The second-order valence-electron chi connectivity index (χ2n) is 5.06. The number of carbonyl (C=O) groups excluding carboxylic acids is 1. The van der Waals surface area contributed by atoms with Gasteiger partial charge in [0.15, 0.2) is 11.6 Å². The Labute approximate surface area is 117 Å². The molecule has 2 aromatic rings. The van der Waals surface area contributed by atoms with Crippen molar-refractivity contribution in [2.24, 2.45) is 0 Å². The maximum Gasteiger partial charge on any atom is 0.159 e. The molecule has 2 rings (SSSR count). The lowest BCUT2D eigenvalue weighted by Crippen LogP contribution is -2.07. The number of Topliss-reactive ketones (excluding diaryl/α,β-unsaturated/α-hetero) is 1. The van der Waals surface area contributed by atoms with Gasteiger partial charge in [-0.3, -0.25) is 4.79 Å². The van der Waals surface area contributed by atoms with Crippen LogP contribution in [0.2, 0.25) is 0 Å². The Bertz CT molecular complexity index is 592. The fourth-order valence-corrected chi connectivity index (χ4v) is 2.08. The molecule has 0 atom stereocenters. The van der Waals surface area contributed by atoms with Crippen molar-refractivity contribution in [3.05, 3.63) is 70.3 Å². The summed E-state index contributed by atoms with van der Waals surface area (Å²) in [5, 5.41) is 0. The summed E-state index contributed by atoms with van der Waals surface area (Å²) in [4.78, 5) is 12.0. The van der Waals surface area contributed by atoms with Gasteiger partial charge in [0, 0.05) is 12.8 Å². The van der Waals surface area contributed by atoms with Crippen LogP contribution < -0.4 is 0 Å². The van der Waals surface area contributed by atoms with E-state index >= 15 is 0 Å². The van der Waals surface area contributed by atoms with E-state index in [0.717, 1.165) is 23.3 Å². The second kappa shape index (κ2) is 5.95. The molecule has 20 heavy (non-hydrogen) atoms. The Hall–Kier alpha value is -2.03. The molecule has 0 aliphatic heterocycles. The minimum absolute atomic E-state index is 0.0146. The first kappa shape index (κ1) is 14.4. The van der Waals surface area contributed by atoms with E-state index < -0.39 is 11.6 Å². The number of carbonyl (C=O) groups is 1. The van der Waals surface area contributed by atoms with Crippen molar-refractivity contribution < 1.29 is 13.6 Å². The number of ketones is 1. The highest BCUT2D eigenvalue weighted by Crippen LogP contribution is 2.13. The summed E-state index contributed by atoms with van der Waals surface area (Å²) in [5.74, 6) is -1.82. The summed E-state index contributed by atoms with van der Waals surface area (Å²) in [6, 6.07) is 9.46. The van der Waals surface area contributed by atoms with Crippen LogP contribution in [-0.2, 0) is 17.6 Å². The first-order valence-electron chi connectivity index (χ1n) is 6.47. The zero-order valence-electron chi connectivity index (χ0n) is 11.5. The smallest absolute Gasteiger partial charge is 0.159 e. The van der Waals surface area contributed by atoms with Crippen molar-refractivity contribution in [3.8, 4) is 0 Å². The molecule has 0 spiro atoms. The minimum Gasteiger partial charge on any atom is -0.299 e. The van der Waals surface area contributed by atoms with Crippen LogP contribution in [0.25, 0.3) is 0 Å². The fraction of sp³-hybridized carbons (Fsp3) is 0.235. The molecule has 0 N–H and O–H groups in total. The molecule has 0 fully saturated rings. The summed E-state index contributed by atoms with van der Waals surface area (Å²) in [7, 11) is 0. The van der Waals surface area contributed by atoms with Crippen LogP contribution in [-0.4, -0.2) is 5.78 Å². The van der Waals surface area contributed by atoms with E-state index in [9.17, 15) is 13.6 Å². The number of hydrogen-bond donors (Lipinski definition) is 0. The fourth-order valence-electron chi connectivity index (χ4n) is 2.08. The van der Waals surface area contributed by atoms with E-state index in [4.69, 9.17) is 0 Å². The van der Waals surface area contributed by atoms with E-state index in [2.05, 4.69) is 0 Å². The number of rotatable bonds is 4. The van der Waals surface area contributed by atoms with Crippen molar-refractivity contribution in [2.45, 2.75) is 26.7 Å². The number of halogens is 2. The maximum absolute atomic E-state index is 13.1. The largest absolute Gasteiger partial charge is 0.299 e. The lowest BCUT2D eigenvalue weighted by atomic mass is 9.99. The lowest BCUT2D eigenvalue weighted by molar-refractivity contribution is -0.117. The van der Waals surface area contributed by atoms with Gasteiger partial charge in [0.2, 0.25) is 0 Å². The molecule has 0 amide bonds. The second-order valence-corrected chi connectivity index (χ2v) is 5.06. The van der Waals surface area contributed by atoms with E-state index in [1.54, 1.807) is 0 Å². The summed E-state index contributed by atoms with van der Waals surface area (Å²) in [5.41, 5.74) is 3.77. The van der Waals surface area contributed by atoms with E-state index in [1.807, 2.05) is 32.0 Å². The first-order valence-corrected chi connectivity index (χ1v) is 6.47. The van der Waals surface area contributed by atoms with Crippen LogP contribution in [0.5, 0.6) is 0 Å². The normalized spacial score (nSPS) is 10.6. The summed E-state index contributed by atoms with van der Waals surface area (Å²) in [6.45, 7) is 4.01. The monoisotopic (exact) mass is 274 g/mol. The molecule has 0 aliphatic rings. The average molecular weight is 274 g/mol. The zero-order valence-corrected chi connectivity index (χ0v) is 11.5. The summed E-state index contributed by atoms with van der Waals surface area (Å²) < 4.78 is 25.9. The molecule has 2 aromatic carbocycles. The quantitative estimate of drug-likeness (QED) is 0.825. The molecule has 1 nitrogen and oxygen atoms in total. The van der Waals surface area contributed by atoms with Crippen LogP contribution >= 0.6 is 0 Å². The third kappa shape index (κ3) is 3.50. The van der Waals surface area contributed by atoms with Gasteiger partial charge in [0.25, 0.3) is 0 Å². The van der Waals surface area contributed by atoms with Gasteiger partial charge in [-0.05, 0) is 48.2 Å². The van der Waals surface area contributed by atoms with Gasteiger partial charge in [-0.2, -0.15) is 0 Å². The molecule has 0 aliphatic carbocycles. The molecular formula is C17H16F2O. The lowest BCUT2D eigenvalue weighted by Gasteiger charge is -2.05. The Balaban J connectivity index is 2.04. The minimum atomic E-state index is -0.915. The van der Waals surface area contributed by atoms with Crippen molar-refractivity contribution >= 4 is 5.78 Å². The number of aryl methyl sites for hydroxylation is 2. The molecule has 0 aromatic heterocycles. The van der Waals surface area contributed by atoms with Gasteiger partial charge in [-0.25, -0.2) is 8.78 Å². The first-order chi connectivity index (χ1) is 9.45. The molecule has 0 heterocycles. The van der Waals surface area contributed by atoms with Gasteiger partial charge in [0.05, 0.1) is 0 Å². The average Bonchev–Trinajstić information content (AvgIpc) is 2.38. The Morgan fingerprint density at radius 2 is 1.45 bits per heavy atom. The van der Waals surface area contributed by atoms with Gasteiger partial charge in [-0.15, -0.1) is 0 Å². The zero-order chi connectivity index (χ0) is 14.7. The van der Waals surface area contributed by atoms with Crippen molar-refractivity contribution in [2.75, 3.05) is 0 Å². The molecular weight excluding hydrogens is 258 g/mol. The predicted octanol–water partition coefficient (Wildman–Crippen LogP) is 3.94. The molecule has 0 unspecified atom stereocenters. The van der Waals surface area contributed by atoms with Crippen LogP contribution in [0.1, 0.15) is 22.3 Å². The Morgan fingerprint density at radius 3 is 2.05 bits per heavy atom. The SMILES string of the molecule is Cc1ccc(CC(=O)Cc2ccc(F)c(F)c2)cc1C. The predicted molar refractivity (Wildman–Crippen MR) is 74.7 cm³/mol. The van der Waals surface area contributed by atoms with E-state index in [1.165, 1.54) is 11.6 Å². The van der Waals surface area contributed by atoms with Crippen LogP contribution in [0.4, 0.5) is 8.78 Å². The van der Waals surface area contributed by atoms with Gasteiger partial charge in [0.1, 0.15) is 5.78 Å². The Morgan fingerprint density at radius 1 is 0.850 bits per heavy atom. The third-order valence-electron chi connectivity index (χ3n) is 3.36. The van der Waals surface area contributed by atoms with Gasteiger partial charge in [-0.1, -0.05) is 24.3 Å². The summed E-state index contributed by atoms with van der Waals surface area (Å²) in [6.07, 6.45) is 0.421. The van der Waals surface area contributed by atoms with Gasteiger partial charge < -0.3 is 0 Å². The topological polar surface area (TPSA) is 17.1 Å². The molecule has 0 bridgehead atoms. The van der Waals surface area contributed by atoms with Gasteiger partial charge >= 0.3 is 0 Å².